The topological polar surface area (TPSA) is 75.5 Å². The fraction of sp³-hybridized carbons (Fsp3) is 0.125. The van der Waals surface area contributed by atoms with E-state index in [1.54, 1.807) is 22.7 Å². The molecular formula is C24H22N4O2. The number of imidazole rings is 1. The molecular weight excluding hydrogens is 376 g/mol. The molecule has 150 valence electrons. The Bertz CT molecular complexity index is 1250. The van der Waals surface area contributed by atoms with E-state index in [-0.39, 0.29) is 23.3 Å². The van der Waals surface area contributed by atoms with Gasteiger partial charge in [0.2, 0.25) is 5.82 Å². The Labute approximate surface area is 174 Å². The van der Waals surface area contributed by atoms with E-state index >= 15 is 0 Å². The molecule has 2 heterocycles. The van der Waals surface area contributed by atoms with Crippen LogP contribution in [0.3, 0.4) is 0 Å². The first-order valence-corrected chi connectivity index (χ1v) is 9.66. The van der Waals surface area contributed by atoms with E-state index < -0.39 is 0 Å². The number of nitrogens with one attached hydrogen (secondary N) is 2. The van der Waals surface area contributed by atoms with Crippen LogP contribution in [0, 0.1) is 20.8 Å². The number of fused-ring (bicyclic) bond motifs is 1. The number of benzene rings is 2. The van der Waals surface area contributed by atoms with Gasteiger partial charge in [0.05, 0.1) is 5.52 Å². The lowest BCUT2D eigenvalue weighted by molar-refractivity contribution is 0.101. The van der Waals surface area contributed by atoms with Crippen molar-refractivity contribution in [1.82, 2.24) is 9.38 Å². The number of aryl methyl sites for hydroxylation is 3. The number of amides is 2. The van der Waals surface area contributed by atoms with Gasteiger partial charge in [0.1, 0.15) is 0 Å². The molecule has 6 heteroatoms. The van der Waals surface area contributed by atoms with E-state index in [9.17, 15) is 9.59 Å². The summed E-state index contributed by atoms with van der Waals surface area (Å²) in [6.45, 7) is 5.87. The molecule has 0 saturated heterocycles. The molecule has 0 bridgehead atoms. The highest BCUT2D eigenvalue weighted by Gasteiger charge is 2.22. The minimum Gasteiger partial charge on any atom is -0.320 e. The molecule has 4 aromatic rings. The van der Waals surface area contributed by atoms with Crippen LogP contribution in [0.15, 0.2) is 66.9 Å². The molecule has 0 aliphatic rings. The summed E-state index contributed by atoms with van der Waals surface area (Å²) in [5, 5.41) is 5.78. The Morgan fingerprint density at radius 3 is 2.27 bits per heavy atom. The second kappa shape index (κ2) is 7.83. The minimum absolute atomic E-state index is 0.152. The Kier molecular flexibility index (Phi) is 5.06. The van der Waals surface area contributed by atoms with Gasteiger partial charge >= 0.3 is 0 Å². The number of rotatable bonds is 4. The van der Waals surface area contributed by atoms with Crippen molar-refractivity contribution in [2.24, 2.45) is 0 Å². The summed E-state index contributed by atoms with van der Waals surface area (Å²) in [5.41, 5.74) is 5.21. The second-order valence-electron chi connectivity index (χ2n) is 7.34. The lowest BCUT2D eigenvalue weighted by atomic mass is 10.1. The molecule has 2 amide bonds. The highest BCUT2D eigenvalue weighted by molar-refractivity contribution is 6.10. The smallest absolute Gasteiger partial charge is 0.292 e. The van der Waals surface area contributed by atoms with Gasteiger partial charge in [-0.1, -0.05) is 30.3 Å². The molecule has 0 aliphatic heterocycles. The van der Waals surface area contributed by atoms with Crippen LogP contribution in [0.25, 0.3) is 5.52 Å². The molecule has 0 spiro atoms. The lowest BCUT2D eigenvalue weighted by Gasteiger charge is -2.07. The van der Waals surface area contributed by atoms with Crippen LogP contribution in [0.5, 0.6) is 0 Å². The van der Waals surface area contributed by atoms with E-state index in [1.807, 2.05) is 69.3 Å². The normalized spacial score (nSPS) is 10.8. The van der Waals surface area contributed by atoms with Crippen molar-refractivity contribution in [1.29, 1.82) is 0 Å². The molecule has 0 atom stereocenters. The summed E-state index contributed by atoms with van der Waals surface area (Å²) in [6, 6.07) is 18.7. The zero-order valence-electron chi connectivity index (χ0n) is 17.1. The number of aromatic nitrogens is 2. The summed E-state index contributed by atoms with van der Waals surface area (Å²) in [6.07, 6.45) is 1.73. The summed E-state index contributed by atoms with van der Waals surface area (Å²) in [7, 11) is 0. The maximum Gasteiger partial charge on any atom is 0.292 e. The average Bonchev–Trinajstić information content (AvgIpc) is 3.09. The molecule has 2 aromatic carbocycles. The van der Waals surface area contributed by atoms with Crippen LogP contribution in [0.4, 0.5) is 11.4 Å². The van der Waals surface area contributed by atoms with Gasteiger partial charge in [0, 0.05) is 17.6 Å². The van der Waals surface area contributed by atoms with Crippen molar-refractivity contribution in [3.05, 3.63) is 95.1 Å². The monoisotopic (exact) mass is 398 g/mol. The Morgan fingerprint density at radius 1 is 0.833 bits per heavy atom. The highest BCUT2D eigenvalue weighted by Crippen LogP contribution is 2.20. The number of carbonyl (C=O) groups excluding carboxylic acids is 2. The molecule has 0 aliphatic carbocycles. The molecule has 0 unspecified atom stereocenters. The Morgan fingerprint density at radius 2 is 1.53 bits per heavy atom. The fourth-order valence-electron chi connectivity index (χ4n) is 3.49. The zero-order chi connectivity index (χ0) is 21.3. The quantitative estimate of drug-likeness (QED) is 0.520. The second-order valence-corrected chi connectivity index (χ2v) is 7.34. The molecule has 2 aromatic heterocycles. The van der Waals surface area contributed by atoms with Crippen molar-refractivity contribution >= 4 is 28.7 Å². The first kappa shape index (κ1) is 19.4. The van der Waals surface area contributed by atoms with Crippen molar-refractivity contribution in [3.63, 3.8) is 0 Å². The number of para-hydroxylation sites is 1. The molecule has 4 rings (SSSR count). The maximum absolute atomic E-state index is 13.0. The van der Waals surface area contributed by atoms with Gasteiger partial charge in [-0.15, -0.1) is 0 Å². The van der Waals surface area contributed by atoms with Crippen LogP contribution in [0.2, 0.25) is 0 Å². The van der Waals surface area contributed by atoms with Crippen molar-refractivity contribution in [2.75, 3.05) is 10.6 Å². The molecule has 0 radical (unpaired) electrons. The van der Waals surface area contributed by atoms with Crippen molar-refractivity contribution < 1.29 is 9.59 Å². The standard InChI is InChI=1S/C24H22N4O2/c1-15-12-16(2)14-18(13-15)25-24(30)22-27-21(20-10-6-7-11-28(20)22)23(29)26-19-9-5-4-8-17(19)3/h4-14H,1-3H3,(H,25,30)(H,26,29). The van der Waals surface area contributed by atoms with E-state index in [4.69, 9.17) is 0 Å². The summed E-state index contributed by atoms with van der Waals surface area (Å²) in [4.78, 5) is 30.3. The Balaban J connectivity index is 1.69. The van der Waals surface area contributed by atoms with E-state index in [0.717, 1.165) is 16.7 Å². The summed E-state index contributed by atoms with van der Waals surface area (Å²) >= 11 is 0. The first-order valence-electron chi connectivity index (χ1n) is 9.66. The molecule has 2 N–H and O–H groups in total. The van der Waals surface area contributed by atoms with Crippen LogP contribution < -0.4 is 10.6 Å². The van der Waals surface area contributed by atoms with E-state index in [2.05, 4.69) is 15.6 Å². The number of carbonyl (C=O) groups is 2. The highest BCUT2D eigenvalue weighted by atomic mass is 16.2. The van der Waals surface area contributed by atoms with Gasteiger partial charge in [-0.3, -0.25) is 14.0 Å². The van der Waals surface area contributed by atoms with E-state index in [1.165, 1.54) is 0 Å². The number of anilines is 2. The van der Waals surface area contributed by atoms with Crippen LogP contribution >= 0.6 is 0 Å². The van der Waals surface area contributed by atoms with Crippen LogP contribution in [-0.2, 0) is 0 Å². The van der Waals surface area contributed by atoms with Gasteiger partial charge in [-0.05, 0) is 67.8 Å². The first-order chi connectivity index (χ1) is 14.4. The number of pyridine rings is 1. The summed E-state index contributed by atoms with van der Waals surface area (Å²) < 4.78 is 1.63. The lowest BCUT2D eigenvalue weighted by Crippen LogP contribution is -2.17. The van der Waals surface area contributed by atoms with Gasteiger partial charge in [-0.2, -0.15) is 0 Å². The van der Waals surface area contributed by atoms with Crippen LogP contribution in [-0.4, -0.2) is 21.2 Å². The third kappa shape index (κ3) is 3.80. The molecule has 0 saturated carbocycles. The van der Waals surface area contributed by atoms with Crippen molar-refractivity contribution in [2.45, 2.75) is 20.8 Å². The number of hydrogen-bond donors (Lipinski definition) is 2. The van der Waals surface area contributed by atoms with Gasteiger partial charge in [0.25, 0.3) is 11.8 Å². The third-order valence-corrected chi connectivity index (χ3v) is 4.84. The molecule has 6 nitrogen and oxygen atoms in total. The SMILES string of the molecule is Cc1cc(C)cc(NC(=O)c2nc(C(=O)Nc3ccccc3C)c3ccccn23)c1. The fourth-order valence-corrected chi connectivity index (χ4v) is 3.49. The summed E-state index contributed by atoms with van der Waals surface area (Å²) in [5.74, 6) is -0.589. The van der Waals surface area contributed by atoms with Gasteiger partial charge < -0.3 is 10.6 Å². The van der Waals surface area contributed by atoms with E-state index in [0.29, 0.717) is 16.9 Å². The van der Waals surface area contributed by atoms with Crippen LogP contribution in [0.1, 0.15) is 37.8 Å². The van der Waals surface area contributed by atoms with Gasteiger partial charge in [0.15, 0.2) is 5.69 Å². The zero-order valence-corrected chi connectivity index (χ0v) is 17.1. The Hall–Kier alpha value is -3.93. The van der Waals surface area contributed by atoms with Crippen molar-refractivity contribution in [3.8, 4) is 0 Å². The molecule has 0 fully saturated rings. The predicted molar refractivity (Wildman–Crippen MR) is 118 cm³/mol. The minimum atomic E-state index is -0.379. The maximum atomic E-state index is 13.0. The average molecular weight is 398 g/mol. The van der Waals surface area contributed by atoms with Gasteiger partial charge in [-0.25, -0.2) is 4.98 Å². The predicted octanol–water partition coefficient (Wildman–Crippen LogP) is 4.76. The number of hydrogen-bond acceptors (Lipinski definition) is 3. The number of nitrogens with zero attached hydrogens (tertiary/aromatic N) is 2. The molecule has 30 heavy (non-hydrogen) atoms. The third-order valence-electron chi connectivity index (χ3n) is 4.84. The largest absolute Gasteiger partial charge is 0.320 e.